The van der Waals surface area contributed by atoms with E-state index < -0.39 is 66.1 Å². The Morgan fingerprint density at radius 2 is 1.71 bits per heavy atom. The van der Waals surface area contributed by atoms with Gasteiger partial charge in [-0.15, -0.1) is 0 Å². The Morgan fingerprint density at radius 1 is 1.21 bits per heavy atom. The average molecular weight is 469 g/mol. The molecular formula is C13H8Cl2F6N4O2S. The highest BCUT2D eigenvalue weighted by Gasteiger charge is 2.43. The quantitative estimate of drug-likeness (QED) is 0.397. The van der Waals surface area contributed by atoms with Crippen LogP contribution in [0.3, 0.4) is 0 Å². The highest BCUT2D eigenvalue weighted by molar-refractivity contribution is 7.86. The van der Waals surface area contributed by atoms with E-state index in [1.165, 1.54) is 0 Å². The van der Waals surface area contributed by atoms with E-state index >= 15 is 0 Å². The summed E-state index contributed by atoms with van der Waals surface area (Å²) in [5.74, 6) is -1.81. The molecule has 1 aromatic heterocycles. The number of nitrogen functional groups attached to an aromatic ring is 1. The third-order valence-corrected chi connectivity index (χ3v) is 5.02. The van der Waals surface area contributed by atoms with Crippen LogP contribution in [-0.2, 0) is 21.7 Å². The maximum absolute atomic E-state index is 12.9. The van der Waals surface area contributed by atoms with Crippen molar-refractivity contribution in [2.75, 3.05) is 12.8 Å². The third-order valence-electron chi connectivity index (χ3n) is 3.25. The van der Waals surface area contributed by atoms with Gasteiger partial charge in [0.2, 0.25) is 5.90 Å². The number of benzene rings is 1. The molecule has 0 aliphatic carbocycles. The highest BCUT2D eigenvalue weighted by Crippen LogP contribution is 2.40. The Balaban J connectivity index is 2.80. The standard InChI is InChI=1S/C13H8Cl2F6N4O2S/c1-27-11(23)7-9(28(26)13(19,20)21)10(22)25(24-7)8-5(14)2-4(3-6(8)15)12(16,17)18/h2-3,23H,22H2,1H3. The van der Waals surface area contributed by atoms with Crippen LogP contribution in [0, 0.1) is 5.41 Å². The van der Waals surface area contributed by atoms with E-state index in [0.29, 0.717) is 16.8 Å². The summed E-state index contributed by atoms with van der Waals surface area (Å²) >= 11 is 11.6. The zero-order chi connectivity index (χ0) is 21.6. The van der Waals surface area contributed by atoms with Gasteiger partial charge < -0.3 is 10.5 Å². The van der Waals surface area contributed by atoms with Crippen molar-refractivity contribution in [1.29, 1.82) is 5.41 Å². The Kier molecular flexibility index (Phi) is 5.93. The first kappa shape index (κ1) is 22.3. The molecule has 1 aromatic carbocycles. The molecule has 0 radical (unpaired) electrons. The molecule has 1 heterocycles. The van der Waals surface area contributed by atoms with Crippen molar-refractivity contribution in [3.8, 4) is 5.69 Å². The van der Waals surface area contributed by atoms with Gasteiger partial charge in [-0.1, -0.05) is 23.2 Å². The van der Waals surface area contributed by atoms with Gasteiger partial charge in [0.15, 0.2) is 16.5 Å². The largest absolute Gasteiger partial charge is 0.480 e. The molecule has 0 spiro atoms. The number of nitrogens with two attached hydrogens (primary N) is 1. The number of hydrogen-bond acceptors (Lipinski definition) is 5. The number of nitrogens with zero attached hydrogens (tertiary/aromatic N) is 2. The van der Waals surface area contributed by atoms with E-state index in [4.69, 9.17) is 34.3 Å². The van der Waals surface area contributed by atoms with Crippen molar-refractivity contribution in [3.63, 3.8) is 0 Å². The van der Waals surface area contributed by atoms with Gasteiger partial charge in [-0.3, -0.25) is 5.41 Å². The normalized spacial score (nSPS) is 13.5. The van der Waals surface area contributed by atoms with Crippen LogP contribution in [0.5, 0.6) is 0 Å². The van der Waals surface area contributed by atoms with Crippen LogP contribution >= 0.6 is 23.2 Å². The number of hydrogen-bond donors (Lipinski definition) is 2. The minimum atomic E-state index is -5.27. The van der Waals surface area contributed by atoms with Gasteiger partial charge in [0.05, 0.1) is 22.7 Å². The first-order valence-corrected chi connectivity index (χ1v) is 8.67. The van der Waals surface area contributed by atoms with Crippen molar-refractivity contribution in [2.24, 2.45) is 0 Å². The van der Waals surface area contributed by atoms with Crippen LogP contribution in [0.4, 0.5) is 32.2 Å². The number of aromatic nitrogens is 2. The maximum atomic E-state index is 12.9. The van der Waals surface area contributed by atoms with Crippen LogP contribution in [0.2, 0.25) is 10.0 Å². The number of nitrogens with one attached hydrogen (secondary N) is 1. The van der Waals surface area contributed by atoms with Crippen molar-refractivity contribution >= 4 is 45.7 Å². The minimum Gasteiger partial charge on any atom is -0.480 e. The molecule has 2 aromatic rings. The van der Waals surface area contributed by atoms with E-state index in [9.17, 15) is 30.6 Å². The van der Waals surface area contributed by atoms with Gasteiger partial charge in [0, 0.05) is 0 Å². The lowest BCUT2D eigenvalue weighted by molar-refractivity contribution is -0.137. The predicted molar refractivity (Wildman–Crippen MR) is 89.3 cm³/mol. The van der Waals surface area contributed by atoms with Crippen molar-refractivity contribution in [3.05, 3.63) is 33.4 Å². The molecule has 28 heavy (non-hydrogen) atoms. The maximum Gasteiger partial charge on any atom is 0.476 e. The topological polar surface area (TPSA) is 94.0 Å². The fourth-order valence-electron chi connectivity index (χ4n) is 2.06. The number of rotatable bonds is 3. The molecule has 6 nitrogen and oxygen atoms in total. The summed E-state index contributed by atoms with van der Waals surface area (Å²) in [6.45, 7) is 0. The second-order valence-electron chi connectivity index (χ2n) is 5.01. The highest BCUT2D eigenvalue weighted by atomic mass is 35.5. The second kappa shape index (κ2) is 7.44. The fourth-order valence-corrected chi connectivity index (χ4v) is 3.53. The van der Waals surface area contributed by atoms with Gasteiger partial charge in [-0.25, -0.2) is 8.89 Å². The minimum absolute atomic E-state index is 0.464. The molecule has 0 aliphatic heterocycles. The predicted octanol–water partition coefficient (Wildman–Crippen LogP) is 4.38. The summed E-state index contributed by atoms with van der Waals surface area (Å²) in [5, 5.41) is 9.85. The molecule has 2 rings (SSSR count). The summed E-state index contributed by atoms with van der Waals surface area (Å²) < 4.78 is 94.1. The summed E-state index contributed by atoms with van der Waals surface area (Å²) in [5.41, 5.74) is -2.22. The Bertz CT molecular complexity index is 950. The van der Waals surface area contributed by atoms with Gasteiger partial charge in [0.1, 0.15) is 16.4 Å². The third kappa shape index (κ3) is 4.05. The monoisotopic (exact) mass is 468 g/mol. The zero-order valence-electron chi connectivity index (χ0n) is 13.4. The number of anilines is 1. The molecule has 154 valence electrons. The van der Waals surface area contributed by atoms with Crippen LogP contribution in [0.15, 0.2) is 17.0 Å². The molecule has 0 saturated heterocycles. The van der Waals surface area contributed by atoms with Crippen LogP contribution < -0.4 is 5.73 Å². The molecule has 15 heteroatoms. The summed E-state index contributed by atoms with van der Waals surface area (Å²) in [6.07, 6.45) is -4.80. The molecule has 1 unspecified atom stereocenters. The van der Waals surface area contributed by atoms with Crippen molar-refractivity contribution in [2.45, 2.75) is 16.6 Å². The van der Waals surface area contributed by atoms with E-state index in [1.54, 1.807) is 0 Å². The van der Waals surface area contributed by atoms with Crippen molar-refractivity contribution in [1.82, 2.24) is 9.78 Å². The van der Waals surface area contributed by atoms with E-state index in [2.05, 4.69) is 9.84 Å². The molecule has 0 saturated carbocycles. The number of ether oxygens (including phenoxy) is 1. The number of alkyl halides is 6. The van der Waals surface area contributed by atoms with E-state index in [-0.39, 0.29) is 0 Å². The lowest BCUT2D eigenvalue weighted by atomic mass is 10.2. The van der Waals surface area contributed by atoms with Gasteiger partial charge in [-0.05, 0) is 12.1 Å². The summed E-state index contributed by atoms with van der Waals surface area (Å²) in [7, 11) is -2.79. The molecule has 0 aliphatic rings. The molecule has 0 bridgehead atoms. The first-order valence-electron chi connectivity index (χ1n) is 6.76. The summed E-state index contributed by atoms with van der Waals surface area (Å²) in [4.78, 5) is -1.12. The van der Waals surface area contributed by atoms with E-state index in [0.717, 1.165) is 7.11 Å². The summed E-state index contributed by atoms with van der Waals surface area (Å²) in [6, 6.07) is 0.928. The smallest absolute Gasteiger partial charge is 0.476 e. The second-order valence-corrected chi connectivity index (χ2v) is 7.23. The number of methoxy groups -OCH3 is 1. The SMILES string of the molecule is COC(=N)c1nn(-c2c(Cl)cc(C(F)(F)F)cc2Cl)c(N)c1S(=O)C(F)(F)F. The zero-order valence-corrected chi connectivity index (χ0v) is 15.7. The lowest BCUT2D eigenvalue weighted by Gasteiger charge is -2.13. The Hall–Kier alpha value is -1.99. The van der Waals surface area contributed by atoms with Crippen molar-refractivity contribution < 1.29 is 35.3 Å². The average Bonchev–Trinajstić information content (AvgIpc) is 2.88. The Labute approximate surface area is 165 Å². The molecule has 0 fully saturated rings. The molecule has 0 amide bonds. The molecule has 1 atom stereocenters. The molecule has 3 N–H and O–H groups in total. The van der Waals surface area contributed by atoms with Crippen LogP contribution in [0.25, 0.3) is 5.69 Å². The van der Waals surface area contributed by atoms with Crippen LogP contribution in [0.1, 0.15) is 11.3 Å². The van der Waals surface area contributed by atoms with Gasteiger partial charge >= 0.3 is 11.7 Å². The first-order chi connectivity index (χ1) is 12.7. The Morgan fingerprint density at radius 3 is 2.11 bits per heavy atom. The van der Waals surface area contributed by atoms with Gasteiger partial charge in [-0.2, -0.15) is 31.4 Å². The molecular weight excluding hydrogens is 461 g/mol. The number of halogens is 8. The van der Waals surface area contributed by atoms with Crippen LogP contribution in [-0.4, -0.2) is 32.5 Å². The van der Waals surface area contributed by atoms with Gasteiger partial charge in [0.25, 0.3) is 0 Å². The lowest BCUT2D eigenvalue weighted by Crippen LogP contribution is -2.19. The van der Waals surface area contributed by atoms with E-state index in [1.807, 2.05) is 0 Å². The fraction of sp³-hybridized carbons (Fsp3) is 0.231.